The lowest BCUT2D eigenvalue weighted by molar-refractivity contribution is 0.0498. The lowest BCUT2D eigenvalue weighted by Gasteiger charge is -2.38. The van der Waals surface area contributed by atoms with Crippen molar-refractivity contribution in [3.63, 3.8) is 0 Å². The smallest absolute Gasteiger partial charge is 0.164 e. The fourth-order valence-corrected chi connectivity index (χ4v) is 2.74. The van der Waals surface area contributed by atoms with Crippen LogP contribution in [-0.4, -0.2) is 32.1 Å². The Morgan fingerprint density at radius 1 is 1.42 bits per heavy atom. The van der Waals surface area contributed by atoms with Gasteiger partial charge in [-0.15, -0.1) is 0 Å². The summed E-state index contributed by atoms with van der Waals surface area (Å²) in [7, 11) is 1.77. The van der Waals surface area contributed by atoms with Crippen LogP contribution < -0.4 is 4.90 Å². The van der Waals surface area contributed by atoms with E-state index >= 15 is 0 Å². The standard InChI is InChI=1S/C16H23NO2/c1-4-15(18)13-7-5-6-8-14(13)17-10-9-12(2)16(11-17)19-3/h5-8,12,16H,4,9-11H2,1-3H3. The average molecular weight is 261 g/mol. The molecule has 3 nitrogen and oxygen atoms in total. The Kier molecular flexibility index (Phi) is 4.59. The Morgan fingerprint density at radius 2 is 2.16 bits per heavy atom. The van der Waals surface area contributed by atoms with Crippen LogP contribution in [0.15, 0.2) is 24.3 Å². The number of hydrogen-bond donors (Lipinski definition) is 0. The number of rotatable bonds is 4. The van der Waals surface area contributed by atoms with E-state index in [-0.39, 0.29) is 11.9 Å². The zero-order valence-corrected chi connectivity index (χ0v) is 12.1. The molecule has 0 spiro atoms. The van der Waals surface area contributed by atoms with Gasteiger partial charge in [0.25, 0.3) is 0 Å². The number of para-hydroxylation sites is 1. The van der Waals surface area contributed by atoms with Crippen molar-refractivity contribution < 1.29 is 9.53 Å². The van der Waals surface area contributed by atoms with Crippen LogP contribution in [0.25, 0.3) is 0 Å². The van der Waals surface area contributed by atoms with E-state index in [4.69, 9.17) is 4.74 Å². The van der Waals surface area contributed by atoms with Crippen molar-refractivity contribution in [2.45, 2.75) is 32.8 Å². The average Bonchev–Trinajstić information content (AvgIpc) is 2.47. The number of nitrogens with zero attached hydrogens (tertiary/aromatic N) is 1. The van der Waals surface area contributed by atoms with Gasteiger partial charge in [-0.05, 0) is 24.5 Å². The molecule has 104 valence electrons. The van der Waals surface area contributed by atoms with Crippen LogP contribution in [0.5, 0.6) is 0 Å². The molecule has 1 aromatic rings. The Labute approximate surface area is 115 Å². The summed E-state index contributed by atoms with van der Waals surface area (Å²) in [5.74, 6) is 0.790. The van der Waals surface area contributed by atoms with E-state index in [1.54, 1.807) is 7.11 Å². The van der Waals surface area contributed by atoms with Crippen LogP contribution in [0.4, 0.5) is 5.69 Å². The monoisotopic (exact) mass is 261 g/mol. The highest BCUT2D eigenvalue weighted by Gasteiger charge is 2.27. The summed E-state index contributed by atoms with van der Waals surface area (Å²) in [6.07, 6.45) is 1.90. The van der Waals surface area contributed by atoms with Crippen molar-refractivity contribution >= 4 is 11.5 Å². The summed E-state index contributed by atoms with van der Waals surface area (Å²) in [5, 5.41) is 0. The summed E-state index contributed by atoms with van der Waals surface area (Å²) in [4.78, 5) is 14.3. The molecule has 3 heteroatoms. The maximum absolute atomic E-state index is 12.0. The van der Waals surface area contributed by atoms with Crippen molar-refractivity contribution in [1.82, 2.24) is 0 Å². The van der Waals surface area contributed by atoms with E-state index in [1.165, 1.54) is 0 Å². The van der Waals surface area contributed by atoms with Crippen molar-refractivity contribution in [2.24, 2.45) is 5.92 Å². The number of ketones is 1. The molecule has 0 aromatic heterocycles. The molecule has 0 radical (unpaired) electrons. The zero-order chi connectivity index (χ0) is 13.8. The molecule has 1 heterocycles. The normalized spacial score (nSPS) is 23.4. The molecule has 1 aromatic carbocycles. The molecule has 0 amide bonds. The number of anilines is 1. The largest absolute Gasteiger partial charge is 0.379 e. The molecule has 2 unspecified atom stereocenters. The van der Waals surface area contributed by atoms with E-state index in [2.05, 4.69) is 11.8 Å². The molecule has 19 heavy (non-hydrogen) atoms. The number of carbonyl (C=O) groups is 1. The summed E-state index contributed by atoms with van der Waals surface area (Å²) in [5.41, 5.74) is 1.90. The molecule has 2 rings (SSSR count). The second-order valence-corrected chi connectivity index (χ2v) is 5.28. The molecule has 0 bridgehead atoms. The van der Waals surface area contributed by atoms with Crippen LogP contribution in [0.1, 0.15) is 37.0 Å². The van der Waals surface area contributed by atoms with Crippen molar-refractivity contribution in [2.75, 3.05) is 25.1 Å². The SMILES string of the molecule is CCC(=O)c1ccccc1N1CCC(C)C(OC)C1. The maximum atomic E-state index is 12.0. The fraction of sp³-hybridized carbons (Fsp3) is 0.562. The van der Waals surface area contributed by atoms with Gasteiger partial charge in [0.05, 0.1) is 6.10 Å². The Bertz CT molecular complexity index is 444. The Balaban J connectivity index is 2.24. The molecule has 0 aliphatic carbocycles. The van der Waals surface area contributed by atoms with Gasteiger partial charge in [-0.1, -0.05) is 26.0 Å². The fourth-order valence-electron chi connectivity index (χ4n) is 2.74. The zero-order valence-electron chi connectivity index (χ0n) is 12.1. The molecule has 2 atom stereocenters. The summed E-state index contributed by atoms with van der Waals surface area (Å²) >= 11 is 0. The minimum atomic E-state index is 0.211. The molecule has 1 saturated heterocycles. The van der Waals surface area contributed by atoms with Crippen LogP contribution in [0, 0.1) is 5.92 Å². The lowest BCUT2D eigenvalue weighted by atomic mass is 9.94. The molecule has 1 aliphatic heterocycles. The summed E-state index contributed by atoms with van der Waals surface area (Å²) in [6, 6.07) is 7.92. The third-order valence-electron chi connectivity index (χ3n) is 4.06. The minimum absolute atomic E-state index is 0.211. The molecule has 1 aliphatic rings. The molecule has 0 saturated carbocycles. The molecule has 1 fully saturated rings. The predicted octanol–water partition coefficient (Wildman–Crippen LogP) is 3.14. The van der Waals surface area contributed by atoms with Crippen LogP contribution in [-0.2, 0) is 4.74 Å². The molecular weight excluding hydrogens is 238 g/mol. The van der Waals surface area contributed by atoms with Gasteiger partial charge in [0, 0.05) is 37.9 Å². The number of Topliss-reactive ketones (excluding diaryl/α,β-unsaturated/α-hetero) is 1. The first-order valence-electron chi connectivity index (χ1n) is 7.07. The van der Waals surface area contributed by atoms with E-state index in [9.17, 15) is 4.79 Å². The lowest BCUT2D eigenvalue weighted by Crippen LogP contribution is -2.44. The van der Waals surface area contributed by atoms with Crippen molar-refractivity contribution in [1.29, 1.82) is 0 Å². The highest BCUT2D eigenvalue weighted by Crippen LogP contribution is 2.28. The molecular formula is C16H23NO2. The van der Waals surface area contributed by atoms with Gasteiger partial charge >= 0.3 is 0 Å². The minimum Gasteiger partial charge on any atom is -0.379 e. The second-order valence-electron chi connectivity index (χ2n) is 5.28. The number of hydrogen-bond acceptors (Lipinski definition) is 3. The summed E-state index contributed by atoms with van der Waals surface area (Å²) in [6.45, 7) is 6.00. The highest BCUT2D eigenvalue weighted by molar-refractivity contribution is 6.01. The quantitative estimate of drug-likeness (QED) is 0.780. The summed E-state index contributed by atoms with van der Waals surface area (Å²) < 4.78 is 5.56. The first kappa shape index (κ1) is 14.1. The van der Waals surface area contributed by atoms with Crippen LogP contribution in [0.2, 0.25) is 0 Å². The first-order chi connectivity index (χ1) is 9.17. The van der Waals surface area contributed by atoms with E-state index in [0.717, 1.165) is 30.8 Å². The van der Waals surface area contributed by atoms with Gasteiger partial charge in [-0.2, -0.15) is 0 Å². The highest BCUT2D eigenvalue weighted by atomic mass is 16.5. The van der Waals surface area contributed by atoms with E-state index in [1.807, 2.05) is 31.2 Å². The van der Waals surface area contributed by atoms with Gasteiger partial charge in [0.2, 0.25) is 0 Å². The maximum Gasteiger partial charge on any atom is 0.164 e. The van der Waals surface area contributed by atoms with Gasteiger partial charge in [0.15, 0.2) is 5.78 Å². The second kappa shape index (κ2) is 6.20. The number of methoxy groups -OCH3 is 1. The predicted molar refractivity (Wildman–Crippen MR) is 77.9 cm³/mol. The number of benzene rings is 1. The van der Waals surface area contributed by atoms with Gasteiger partial charge in [-0.3, -0.25) is 4.79 Å². The van der Waals surface area contributed by atoms with Gasteiger partial charge in [-0.25, -0.2) is 0 Å². The Hall–Kier alpha value is -1.35. The molecule has 0 N–H and O–H groups in total. The van der Waals surface area contributed by atoms with Crippen LogP contribution in [0.3, 0.4) is 0 Å². The Morgan fingerprint density at radius 3 is 2.84 bits per heavy atom. The topological polar surface area (TPSA) is 29.5 Å². The number of carbonyl (C=O) groups excluding carboxylic acids is 1. The number of ether oxygens (including phenoxy) is 1. The number of piperidine rings is 1. The van der Waals surface area contributed by atoms with E-state index < -0.39 is 0 Å². The third kappa shape index (κ3) is 2.98. The van der Waals surface area contributed by atoms with Gasteiger partial charge < -0.3 is 9.64 Å². The van der Waals surface area contributed by atoms with Crippen molar-refractivity contribution in [3.8, 4) is 0 Å². The third-order valence-corrected chi connectivity index (χ3v) is 4.06. The van der Waals surface area contributed by atoms with E-state index in [0.29, 0.717) is 12.3 Å². The van der Waals surface area contributed by atoms with Crippen LogP contribution >= 0.6 is 0 Å². The van der Waals surface area contributed by atoms with Crippen molar-refractivity contribution in [3.05, 3.63) is 29.8 Å². The van der Waals surface area contributed by atoms with Gasteiger partial charge in [0.1, 0.15) is 0 Å². The first-order valence-corrected chi connectivity index (χ1v) is 7.07.